The van der Waals surface area contributed by atoms with Crippen LogP contribution in [0.25, 0.3) is 0 Å². The normalized spacial score (nSPS) is 12.0. The number of halogens is 6. The molecule has 0 N–H and O–H groups in total. The van der Waals surface area contributed by atoms with Gasteiger partial charge in [-0.05, 0) is 29.5 Å². The summed E-state index contributed by atoms with van der Waals surface area (Å²) in [4.78, 5) is 3.36. The quantitative estimate of drug-likeness (QED) is 0.596. The molecule has 0 saturated carbocycles. The van der Waals surface area contributed by atoms with E-state index in [-0.39, 0.29) is 9.13 Å². The van der Waals surface area contributed by atoms with Crippen LogP contribution in [0.5, 0.6) is 5.75 Å². The van der Waals surface area contributed by atoms with Crippen molar-refractivity contribution in [1.82, 2.24) is 4.98 Å². The molecule has 16 heavy (non-hydrogen) atoms. The van der Waals surface area contributed by atoms with E-state index < -0.39 is 24.2 Å². The first-order chi connectivity index (χ1) is 7.22. The maximum absolute atomic E-state index is 12.4. The predicted octanol–water partition coefficient (Wildman–Crippen LogP) is 3.83. The second kappa shape index (κ2) is 4.68. The van der Waals surface area contributed by atoms with Crippen molar-refractivity contribution in [3.8, 4) is 5.75 Å². The van der Waals surface area contributed by atoms with Crippen molar-refractivity contribution in [1.29, 1.82) is 0 Å². The van der Waals surface area contributed by atoms with Crippen LogP contribution in [0.1, 0.15) is 17.7 Å². The van der Waals surface area contributed by atoms with Gasteiger partial charge >= 0.3 is 6.36 Å². The summed E-state index contributed by atoms with van der Waals surface area (Å²) in [6.45, 7) is 1.11. The molecule has 1 aromatic rings. The van der Waals surface area contributed by atoms with Crippen molar-refractivity contribution in [3.63, 3.8) is 0 Å². The van der Waals surface area contributed by atoms with Crippen molar-refractivity contribution in [2.75, 3.05) is 0 Å². The Kier molecular flexibility index (Phi) is 3.92. The summed E-state index contributed by atoms with van der Waals surface area (Å²) in [5.74, 6) is -0.626. The summed E-state index contributed by atoms with van der Waals surface area (Å²) in [5, 5.41) is 0. The Hall–Kier alpha value is -0.670. The molecule has 1 rings (SSSR count). The molecule has 0 aliphatic rings. The maximum Gasteiger partial charge on any atom is 0.573 e. The third kappa shape index (κ3) is 3.16. The van der Waals surface area contributed by atoms with Gasteiger partial charge in [0.05, 0.1) is 3.57 Å². The lowest BCUT2D eigenvalue weighted by molar-refractivity contribution is -0.275. The highest BCUT2D eigenvalue weighted by molar-refractivity contribution is 14.1. The van der Waals surface area contributed by atoms with Gasteiger partial charge in [0.2, 0.25) is 0 Å². The van der Waals surface area contributed by atoms with Crippen LogP contribution >= 0.6 is 22.6 Å². The highest BCUT2D eigenvalue weighted by Crippen LogP contribution is 2.34. The summed E-state index contributed by atoms with van der Waals surface area (Å²) in [6, 6.07) is 0. The van der Waals surface area contributed by atoms with Gasteiger partial charge in [-0.1, -0.05) is 0 Å². The SMILES string of the molecule is Cc1c(C(F)F)ncc(I)c1OC(F)(F)F. The highest BCUT2D eigenvalue weighted by atomic mass is 127. The molecule has 0 bridgehead atoms. The minimum absolute atomic E-state index is 0.0248. The lowest BCUT2D eigenvalue weighted by Crippen LogP contribution is -2.19. The van der Waals surface area contributed by atoms with Gasteiger partial charge in [0.1, 0.15) is 11.4 Å². The van der Waals surface area contributed by atoms with Crippen LogP contribution in [-0.4, -0.2) is 11.3 Å². The van der Waals surface area contributed by atoms with E-state index in [4.69, 9.17) is 0 Å². The zero-order chi connectivity index (χ0) is 12.5. The molecule has 8 heteroatoms. The van der Waals surface area contributed by atoms with E-state index >= 15 is 0 Å². The topological polar surface area (TPSA) is 22.1 Å². The Morgan fingerprint density at radius 2 is 1.94 bits per heavy atom. The third-order valence-electron chi connectivity index (χ3n) is 1.68. The molecule has 0 aromatic carbocycles. The molecule has 0 fully saturated rings. The third-order valence-corrected chi connectivity index (χ3v) is 2.45. The average Bonchev–Trinajstić information content (AvgIpc) is 2.10. The highest BCUT2D eigenvalue weighted by Gasteiger charge is 2.33. The lowest BCUT2D eigenvalue weighted by Gasteiger charge is -2.14. The van der Waals surface area contributed by atoms with Gasteiger partial charge in [0.15, 0.2) is 0 Å². The molecule has 0 atom stereocenters. The summed E-state index contributed by atoms with van der Waals surface area (Å²) in [6.07, 6.45) is -6.94. The first-order valence-electron chi connectivity index (χ1n) is 3.91. The molecule has 90 valence electrons. The second-order valence-electron chi connectivity index (χ2n) is 2.79. The summed E-state index contributed by atoms with van der Waals surface area (Å²) < 4.78 is 64.4. The van der Waals surface area contributed by atoms with Crippen LogP contribution < -0.4 is 4.74 Å². The standard InChI is InChI=1S/C8H5F5INO/c1-3-5(7(9)10)15-2-4(14)6(3)16-8(11,12)13/h2,7H,1H3. The van der Waals surface area contributed by atoms with E-state index in [0.717, 1.165) is 13.1 Å². The van der Waals surface area contributed by atoms with Gasteiger partial charge in [-0.25, -0.2) is 8.78 Å². The van der Waals surface area contributed by atoms with Crippen molar-refractivity contribution in [2.24, 2.45) is 0 Å². The fraction of sp³-hybridized carbons (Fsp3) is 0.375. The second-order valence-corrected chi connectivity index (χ2v) is 3.96. The van der Waals surface area contributed by atoms with Crippen molar-refractivity contribution < 1.29 is 26.7 Å². The van der Waals surface area contributed by atoms with E-state index in [0.29, 0.717) is 0 Å². The molecule has 1 aromatic heterocycles. The average molecular weight is 353 g/mol. The molecule has 0 unspecified atom stereocenters. The smallest absolute Gasteiger partial charge is 0.404 e. The maximum atomic E-state index is 12.4. The minimum Gasteiger partial charge on any atom is -0.404 e. The van der Waals surface area contributed by atoms with Gasteiger partial charge in [-0.3, -0.25) is 4.98 Å². The molecule has 2 nitrogen and oxygen atoms in total. The summed E-state index contributed by atoms with van der Waals surface area (Å²) in [7, 11) is 0. The van der Waals surface area contributed by atoms with Crippen LogP contribution in [0.15, 0.2) is 6.20 Å². The molecular weight excluding hydrogens is 348 g/mol. The Morgan fingerprint density at radius 1 is 1.38 bits per heavy atom. The number of alkyl halides is 5. The van der Waals surface area contributed by atoms with Gasteiger partial charge in [-0.2, -0.15) is 0 Å². The first-order valence-corrected chi connectivity index (χ1v) is 4.99. The van der Waals surface area contributed by atoms with Crippen molar-refractivity contribution in [2.45, 2.75) is 19.7 Å². The molecule has 0 spiro atoms. The molecule has 0 radical (unpaired) electrons. The first kappa shape index (κ1) is 13.4. The number of ether oxygens (including phenoxy) is 1. The molecule has 0 aliphatic carbocycles. The van der Waals surface area contributed by atoms with Gasteiger partial charge in [0, 0.05) is 11.8 Å². The number of pyridine rings is 1. The van der Waals surface area contributed by atoms with E-state index in [9.17, 15) is 22.0 Å². The number of hydrogen-bond acceptors (Lipinski definition) is 2. The van der Waals surface area contributed by atoms with Crippen molar-refractivity contribution in [3.05, 3.63) is 21.0 Å². The Labute approximate surface area is 101 Å². The van der Waals surface area contributed by atoms with Crippen LogP contribution in [0.3, 0.4) is 0 Å². The molecule has 0 amide bonds. The van der Waals surface area contributed by atoms with Crippen LogP contribution in [0, 0.1) is 10.5 Å². The zero-order valence-corrected chi connectivity index (χ0v) is 9.94. The number of rotatable bonds is 2. The molecular formula is C8H5F5INO. The Morgan fingerprint density at radius 3 is 2.38 bits per heavy atom. The monoisotopic (exact) mass is 353 g/mol. The number of hydrogen-bond donors (Lipinski definition) is 0. The van der Waals surface area contributed by atoms with E-state index in [1.54, 1.807) is 0 Å². The minimum atomic E-state index is -4.91. The van der Waals surface area contributed by atoms with Gasteiger partial charge < -0.3 is 4.74 Å². The van der Waals surface area contributed by atoms with Gasteiger partial charge in [0.25, 0.3) is 6.43 Å². The predicted molar refractivity (Wildman–Crippen MR) is 53.3 cm³/mol. The van der Waals surface area contributed by atoms with Crippen LogP contribution in [0.4, 0.5) is 22.0 Å². The number of aromatic nitrogens is 1. The summed E-state index contributed by atoms with van der Waals surface area (Å²) >= 11 is 1.53. The van der Waals surface area contributed by atoms with Crippen molar-refractivity contribution >= 4 is 22.6 Å². The Bertz CT molecular complexity index is 393. The zero-order valence-electron chi connectivity index (χ0n) is 7.78. The number of nitrogens with zero attached hydrogens (tertiary/aromatic N) is 1. The lowest BCUT2D eigenvalue weighted by atomic mass is 10.2. The molecule has 1 heterocycles. The van der Waals surface area contributed by atoms with E-state index in [1.807, 2.05) is 0 Å². The summed E-state index contributed by atoms with van der Waals surface area (Å²) in [5.41, 5.74) is -1.01. The van der Waals surface area contributed by atoms with Crippen LogP contribution in [0.2, 0.25) is 0 Å². The van der Waals surface area contributed by atoms with E-state index in [1.165, 1.54) is 22.6 Å². The van der Waals surface area contributed by atoms with E-state index in [2.05, 4.69) is 9.72 Å². The van der Waals surface area contributed by atoms with Gasteiger partial charge in [-0.15, -0.1) is 13.2 Å². The fourth-order valence-electron chi connectivity index (χ4n) is 1.04. The fourth-order valence-corrected chi connectivity index (χ4v) is 1.69. The largest absolute Gasteiger partial charge is 0.573 e. The Balaban J connectivity index is 3.21. The molecule has 0 aliphatic heterocycles. The van der Waals surface area contributed by atoms with Crippen LogP contribution in [-0.2, 0) is 0 Å². The molecule has 0 saturated heterocycles.